The summed E-state index contributed by atoms with van der Waals surface area (Å²) in [6, 6.07) is 4.30. The number of furan rings is 1. The van der Waals surface area contributed by atoms with E-state index in [2.05, 4.69) is 19.2 Å². The number of hydrogen-bond acceptors (Lipinski definition) is 3. The Labute approximate surface area is 101 Å². The van der Waals surface area contributed by atoms with Gasteiger partial charge >= 0.3 is 0 Å². The van der Waals surface area contributed by atoms with Crippen LogP contribution in [0.5, 0.6) is 0 Å². The van der Waals surface area contributed by atoms with E-state index in [0.29, 0.717) is 11.3 Å². The molecule has 0 aliphatic heterocycles. The van der Waals surface area contributed by atoms with E-state index >= 15 is 0 Å². The van der Waals surface area contributed by atoms with Crippen LogP contribution in [-0.4, -0.2) is 18.3 Å². The summed E-state index contributed by atoms with van der Waals surface area (Å²) in [4.78, 5) is 0. The molecular formula is C11H18ClNOS. The van der Waals surface area contributed by atoms with Crippen molar-refractivity contribution < 1.29 is 4.42 Å². The van der Waals surface area contributed by atoms with Crippen LogP contribution in [0.3, 0.4) is 0 Å². The molecule has 4 heteroatoms. The Bertz CT molecular complexity index is 275. The number of thioether (sulfide) groups is 1. The maximum absolute atomic E-state index is 5.67. The molecule has 1 aromatic heterocycles. The molecule has 86 valence electrons. The molecule has 0 aliphatic rings. The Kier molecular flexibility index (Phi) is 6.22. The van der Waals surface area contributed by atoms with Crippen LogP contribution in [0.2, 0.25) is 5.22 Å². The zero-order valence-corrected chi connectivity index (χ0v) is 10.8. The number of rotatable bonds is 7. The van der Waals surface area contributed by atoms with Crippen molar-refractivity contribution in [1.82, 2.24) is 5.32 Å². The van der Waals surface area contributed by atoms with E-state index in [4.69, 9.17) is 16.0 Å². The van der Waals surface area contributed by atoms with E-state index in [1.807, 2.05) is 17.8 Å². The van der Waals surface area contributed by atoms with Crippen molar-refractivity contribution >= 4 is 23.4 Å². The zero-order chi connectivity index (χ0) is 11.1. The SMILES string of the molecule is CC(C)NCCCSCc1ccc(Cl)o1. The van der Waals surface area contributed by atoms with Crippen molar-refractivity contribution in [2.75, 3.05) is 12.3 Å². The molecule has 0 fully saturated rings. The summed E-state index contributed by atoms with van der Waals surface area (Å²) in [6.07, 6.45) is 1.19. The highest BCUT2D eigenvalue weighted by Gasteiger charge is 1.99. The molecule has 0 unspecified atom stereocenters. The largest absolute Gasteiger partial charge is 0.449 e. The van der Waals surface area contributed by atoms with Crippen molar-refractivity contribution in [1.29, 1.82) is 0 Å². The Morgan fingerprint density at radius 1 is 1.47 bits per heavy atom. The van der Waals surface area contributed by atoms with Gasteiger partial charge in [0, 0.05) is 6.04 Å². The number of hydrogen-bond donors (Lipinski definition) is 1. The molecule has 1 N–H and O–H groups in total. The van der Waals surface area contributed by atoms with E-state index in [-0.39, 0.29) is 0 Å². The van der Waals surface area contributed by atoms with Gasteiger partial charge in [0.15, 0.2) is 5.22 Å². The van der Waals surface area contributed by atoms with Crippen LogP contribution in [-0.2, 0) is 5.75 Å². The van der Waals surface area contributed by atoms with Crippen LogP contribution in [0.25, 0.3) is 0 Å². The molecule has 0 spiro atoms. The Hall–Kier alpha value is -0.120. The first-order valence-electron chi connectivity index (χ1n) is 5.24. The normalized spacial score (nSPS) is 11.2. The van der Waals surface area contributed by atoms with Gasteiger partial charge in [0.25, 0.3) is 0 Å². The monoisotopic (exact) mass is 247 g/mol. The highest BCUT2D eigenvalue weighted by atomic mass is 35.5. The fourth-order valence-corrected chi connectivity index (χ4v) is 2.18. The molecule has 15 heavy (non-hydrogen) atoms. The molecule has 0 radical (unpaired) electrons. The Balaban J connectivity index is 1.98. The highest BCUT2D eigenvalue weighted by Crippen LogP contribution is 2.18. The summed E-state index contributed by atoms with van der Waals surface area (Å²) >= 11 is 7.55. The summed E-state index contributed by atoms with van der Waals surface area (Å²) in [6.45, 7) is 5.42. The smallest absolute Gasteiger partial charge is 0.193 e. The third kappa shape index (κ3) is 6.13. The van der Waals surface area contributed by atoms with Gasteiger partial charge in [-0.3, -0.25) is 0 Å². The highest BCUT2D eigenvalue weighted by molar-refractivity contribution is 7.98. The van der Waals surface area contributed by atoms with E-state index in [1.165, 1.54) is 6.42 Å². The summed E-state index contributed by atoms with van der Waals surface area (Å²) in [5, 5.41) is 3.87. The lowest BCUT2D eigenvalue weighted by Crippen LogP contribution is -2.23. The summed E-state index contributed by atoms with van der Waals surface area (Å²) in [5.41, 5.74) is 0. The average Bonchev–Trinajstić information content (AvgIpc) is 2.57. The van der Waals surface area contributed by atoms with Gasteiger partial charge in [-0.25, -0.2) is 0 Å². The van der Waals surface area contributed by atoms with Crippen molar-refractivity contribution in [3.05, 3.63) is 23.1 Å². The molecule has 0 saturated carbocycles. The van der Waals surface area contributed by atoms with Gasteiger partial charge in [0.1, 0.15) is 5.76 Å². The Morgan fingerprint density at radius 3 is 2.87 bits per heavy atom. The predicted octanol–water partition coefficient (Wildman–Crippen LogP) is 3.55. The Morgan fingerprint density at radius 2 is 2.27 bits per heavy atom. The lowest BCUT2D eigenvalue weighted by atomic mass is 10.4. The second-order valence-corrected chi connectivity index (χ2v) is 5.20. The second kappa shape index (κ2) is 7.20. The standard InChI is InChI=1S/C11H18ClNOS/c1-9(2)13-6-3-7-15-8-10-4-5-11(12)14-10/h4-5,9,13H,3,6-8H2,1-2H3. The average molecular weight is 248 g/mol. The third-order valence-electron chi connectivity index (χ3n) is 1.89. The molecule has 0 atom stereocenters. The molecule has 0 amide bonds. The number of nitrogens with one attached hydrogen (secondary N) is 1. The second-order valence-electron chi connectivity index (χ2n) is 3.72. The van der Waals surface area contributed by atoms with Crippen molar-refractivity contribution in [2.24, 2.45) is 0 Å². The van der Waals surface area contributed by atoms with Crippen LogP contribution >= 0.6 is 23.4 Å². The minimum atomic E-state index is 0.479. The van der Waals surface area contributed by atoms with Gasteiger partial charge in [0.2, 0.25) is 0 Å². The van der Waals surface area contributed by atoms with E-state index < -0.39 is 0 Å². The molecule has 0 aliphatic carbocycles. The molecule has 0 bridgehead atoms. The molecule has 0 saturated heterocycles. The zero-order valence-electron chi connectivity index (χ0n) is 9.25. The first kappa shape index (κ1) is 12.9. The van der Waals surface area contributed by atoms with Crippen LogP contribution in [0, 0.1) is 0 Å². The van der Waals surface area contributed by atoms with Crippen molar-refractivity contribution in [3.63, 3.8) is 0 Å². The minimum absolute atomic E-state index is 0.479. The topological polar surface area (TPSA) is 25.2 Å². The molecule has 0 aromatic carbocycles. The minimum Gasteiger partial charge on any atom is -0.449 e. The predicted molar refractivity (Wildman–Crippen MR) is 67.6 cm³/mol. The van der Waals surface area contributed by atoms with Crippen LogP contribution in [0.4, 0.5) is 0 Å². The fourth-order valence-electron chi connectivity index (χ4n) is 1.17. The fraction of sp³-hybridized carbons (Fsp3) is 0.636. The van der Waals surface area contributed by atoms with Crippen molar-refractivity contribution in [3.8, 4) is 0 Å². The van der Waals surface area contributed by atoms with Crippen molar-refractivity contribution in [2.45, 2.75) is 32.1 Å². The quantitative estimate of drug-likeness (QED) is 0.746. The molecule has 1 aromatic rings. The molecule has 1 heterocycles. The van der Waals surface area contributed by atoms with E-state index in [9.17, 15) is 0 Å². The van der Waals surface area contributed by atoms with Gasteiger partial charge in [-0.15, -0.1) is 0 Å². The van der Waals surface area contributed by atoms with E-state index in [0.717, 1.165) is 23.8 Å². The molecule has 2 nitrogen and oxygen atoms in total. The van der Waals surface area contributed by atoms with Gasteiger partial charge < -0.3 is 9.73 Å². The van der Waals surface area contributed by atoms with Crippen LogP contribution < -0.4 is 5.32 Å². The maximum atomic E-state index is 5.67. The van der Waals surface area contributed by atoms with E-state index in [1.54, 1.807) is 6.07 Å². The maximum Gasteiger partial charge on any atom is 0.193 e. The van der Waals surface area contributed by atoms with Gasteiger partial charge in [-0.2, -0.15) is 11.8 Å². The van der Waals surface area contributed by atoms with Gasteiger partial charge in [-0.1, -0.05) is 13.8 Å². The first-order chi connectivity index (χ1) is 7.18. The lowest BCUT2D eigenvalue weighted by molar-refractivity contribution is 0.532. The lowest BCUT2D eigenvalue weighted by Gasteiger charge is -2.06. The van der Waals surface area contributed by atoms with Crippen LogP contribution in [0.15, 0.2) is 16.5 Å². The summed E-state index contributed by atoms with van der Waals surface area (Å²) < 4.78 is 5.26. The number of halogens is 1. The first-order valence-corrected chi connectivity index (χ1v) is 6.77. The molecular weight excluding hydrogens is 230 g/mol. The third-order valence-corrected chi connectivity index (χ3v) is 3.16. The summed E-state index contributed by atoms with van der Waals surface area (Å²) in [5.74, 6) is 3.02. The van der Waals surface area contributed by atoms with Crippen LogP contribution in [0.1, 0.15) is 26.0 Å². The van der Waals surface area contributed by atoms with Gasteiger partial charge in [0.05, 0.1) is 5.75 Å². The van der Waals surface area contributed by atoms with Gasteiger partial charge in [-0.05, 0) is 42.5 Å². The molecule has 1 rings (SSSR count). The summed E-state index contributed by atoms with van der Waals surface area (Å²) in [7, 11) is 0.